The third-order valence-electron chi connectivity index (χ3n) is 4.56. The first-order chi connectivity index (χ1) is 14.2. The minimum atomic E-state index is -3.95. The summed E-state index contributed by atoms with van der Waals surface area (Å²) in [6, 6.07) is 14.0. The Labute approximate surface area is 189 Å². The van der Waals surface area contributed by atoms with Gasteiger partial charge >= 0.3 is 6.09 Å². The zero-order chi connectivity index (χ0) is 21.9. The number of halogens is 1. The number of nitrogens with one attached hydrogen (secondary N) is 1. The normalized spacial score (nSPS) is 11.3. The Balaban J connectivity index is 1.54. The lowest BCUT2D eigenvalue weighted by Crippen LogP contribution is -2.31. The molecule has 30 heavy (non-hydrogen) atoms. The molecule has 1 N–H and O–H groups in total. The zero-order valence-electron chi connectivity index (χ0n) is 16.8. The Kier molecular flexibility index (Phi) is 6.81. The Hall–Kier alpha value is -2.40. The Morgan fingerprint density at radius 3 is 2.27 bits per heavy atom. The van der Waals surface area contributed by atoms with Gasteiger partial charge in [-0.3, -0.25) is 0 Å². The topological polar surface area (TPSA) is 90.3 Å². The number of rotatable bonds is 6. The molecule has 0 saturated heterocycles. The van der Waals surface area contributed by atoms with Crippen molar-refractivity contribution in [1.29, 1.82) is 0 Å². The maximum absolute atomic E-state index is 12.2. The maximum atomic E-state index is 12.2. The Morgan fingerprint density at radius 1 is 1.07 bits per heavy atom. The second-order valence-corrected chi connectivity index (χ2v) is 9.63. The van der Waals surface area contributed by atoms with Gasteiger partial charge in [0.15, 0.2) is 0 Å². The fraction of sp³-hybridized carbons (Fsp3) is 0.238. The van der Waals surface area contributed by atoms with E-state index in [0.717, 1.165) is 31.8 Å². The maximum Gasteiger partial charge on any atom is 0.421 e. The van der Waals surface area contributed by atoms with Gasteiger partial charge in [0.05, 0.1) is 32.1 Å². The second kappa shape index (κ2) is 9.17. The van der Waals surface area contributed by atoms with Crippen molar-refractivity contribution < 1.29 is 17.9 Å². The number of carbonyl (C=O) groups is 1. The first kappa shape index (κ1) is 22.3. The monoisotopic (exact) mass is 539 g/mol. The minimum absolute atomic E-state index is 0.0134. The van der Waals surface area contributed by atoms with Crippen molar-refractivity contribution in [3.8, 4) is 5.69 Å². The van der Waals surface area contributed by atoms with Gasteiger partial charge in [0, 0.05) is 6.42 Å². The van der Waals surface area contributed by atoms with Gasteiger partial charge < -0.3 is 4.74 Å². The minimum Gasteiger partial charge on any atom is -0.448 e. The number of benzene rings is 2. The Bertz CT molecular complexity index is 1150. The molecule has 3 aromatic rings. The average molecular weight is 539 g/mol. The van der Waals surface area contributed by atoms with Gasteiger partial charge in [-0.15, -0.1) is 0 Å². The molecule has 0 atom stereocenters. The van der Waals surface area contributed by atoms with Gasteiger partial charge in [-0.1, -0.05) is 29.8 Å². The number of carbonyl (C=O) groups excluding carboxylic acids is 1. The van der Waals surface area contributed by atoms with Crippen molar-refractivity contribution in [3.05, 3.63) is 74.6 Å². The number of amides is 1. The highest BCUT2D eigenvalue weighted by Crippen LogP contribution is 2.20. The van der Waals surface area contributed by atoms with Gasteiger partial charge in [0.25, 0.3) is 10.0 Å². The standard InChI is InChI=1S/C21H22IN3O4S/c1-14-4-10-19(11-5-14)30(27,28)24-21(26)29-13-12-17-6-8-18(9-7-17)25-16(3)20(22)15(2)23-25/h4-11H,12-13H2,1-3H3,(H,24,26). The highest BCUT2D eigenvalue weighted by molar-refractivity contribution is 14.1. The van der Waals surface area contributed by atoms with Crippen LogP contribution in [0.15, 0.2) is 53.4 Å². The first-order valence-corrected chi connectivity index (χ1v) is 11.8. The van der Waals surface area contributed by atoms with E-state index in [9.17, 15) is 13.2 Å². The summed E-state index contributed by atoms with van der Waals surface area (Å²) in [5.74, 6) is 0. The van der Waals surface area contributed by atoms with Crippen LogP contribution in [-0.4, -0.2) is 30.9 Å². The largest absolute Gasteiger partial charge is 0.448 e. The zero-order valence-corrected chi connectivity index (χ0v) is 19.8. The molecule has 2 aromatic carbocycles. The molecule has 0 aliphatic carbocycles. The molecule has 0 bridgehead atoms. The fourth-order valence-electron chi connectivity index (χ4n) is 2.86. The van der Waals surface area contributed by atoms with Gasteiger partial charge in [-0.05, 0) is 73.2 Å². The summed E-state index contributed by atoms with van der Waals surface area (Å²) < 4.78 is 34.4. The lowest BCUT2D eigenvalue weighted by molar-refractivity contribution is 0.154. The summed E-state index contributed by atoms with van der Waals surface area (Å²) >= 11 is 2.28. The van der Waals surface area contributed by atoms with Gasteiger partial charge in [-0.25, -0.2) is 22.6 Å². The van der Waals surface area contributed by atoms with E-state index < -0.39 is 16.1 Å². The van der Waals surface area contributed by atoms with Crippen LogP contribution in [0.5, 0.6) is 0 Å². The van der Waals surface area contributed by atoms with E-state index in [2.05, 4.69) is 27.7 Å². The smallest absolute Gasteiger partial charge is 0.421 e. The predicted molar refractivity (Wildman–Crippen MR) is 122 cm³/mol. The second-order valence-electron chi connectivity index (χ2n) is 6.87. The highest BCUT2D eigenvalue weighted by atomic mass is 127. The van der Waals surface area contributed by atoms with E-state index in [4.69, 9.17) is 4.74 Å². The van der Waals surface area contributed by atoms with Crippen LogP contribution in [0.4, 0.5) is 4.79 Å². The van der Waals surface area contributed by atoms with E-state index in [1.807, 2.05) is 54.4 Å². The van der Waals surface area contributed by atoms with Crippen molar-refractivity contribution in [3.63, 3.8) is 0 Å². The van der Waals surface area contributed by atoms with Crippen molar-refractivity contribution >= 4 is 38.7 Å². The van der Waals surface area contributed by atoms with Gasteiger partial charge in [-0.2, -0.15) is 5.10 Å². The summed E-state index contributed by atoms with van der Waals surface area (Å²) in [5.41, 5.74) is 4.90. The summed E-state index contributed by atoms with van der Waals surface area (Å²) in [7, 11) is -3.95. The van der Waals surface area contributed by atoms with Crippen LogP contribution in [0.2, 0.25) is 0 Å². The summed E-state index contributed by atoms with van der Waals surface area (Å²) in [4.78, 5) is 11.9. The molecule has 9 heteroatoms. The molecule has 0 aliphatic heterocycles. The molecule has 0 saturated carbocycles. The van der Waals surface area contributed by atoms with Crippen LogP contribution in [0.3, 0.4) is 0 Å². The van der Waals surface area contributed by atoms with E-state index in [-0.39, 0.29) is 11.5 Å². The van der Waals surface area contributed by atoms with Crippen LogP contribution in [0, 0.1) is 24.3 Å². The molecule has 3 rings (SSSR count). The molecule has 0 unspecified atom stereocenters. The van der Waals surface area contributed by atoms with Crippen molar-refractivity contribution in [2.45, 2.75) is 32.1 Å². The SMILES string of the molecule is Cc1ccc(S(=O)(=O)NC(=O)OCCc2ccc(-n3nc(C)c(I)c3C)cc2)cc1. The quantitative estimate of drug-likeness (QED) is 0.478. The van der Waals surface area contributed by atoms with E-state index in [1.165, 1.54) is 12.1 Å². The fourth-order valence-corrected chi connectivity index (χ4v) is 4.08. The molecule has 0 radical (unpaired) electrons. The lowest BCUT2D eigenvalue weighted by Gasteiger charge is -2.09. The molecule has 1 amide bonds. The summed E-state index contributed by atoms with van der Waals surface area (Å²) in [5, 5.41) is 4.53. The van der Waals surface area contributed by atoms with Crippen LogP contribution >= 0.6 is 22.6 Å². The van der Waals surface area contributed by atoms with Gasteiger partial charge in [0.2, 0.25) is 0 Å². The average Bonchev–Trinajstić information content (AvgIpc) is 2.96. The van der Waals surface area contributed by atoms with Crippen molar-refractivity contribution in [2.75, 3.05) is 6.61 Å². The van der Waals surface area contributed by atoms with E-state index >= 15 is 0 Å². The molecule has 158 valence electrons. The third kappa shape index (κ3) is 5.20. The summed E-state index contributed by atoms with van der Waals surface area (Å²) in [6.07, 6.45) is -0.531. The van der Waals surface area contributed by atoms with E-state index in [1.54, 1.807) is 12.1 Å². The number of ether oxygens (including phenoxy) is 1. The van der Waals surface area contributed by atoms with Crippen molar-refractivity contribution in [1.82, 2.24) is 14.5 Å². The number of aryl methyl sites for hydroxylation is 2. The molecular formula is C21H22IN3O4S. The molecule has 0 aliphatic rings. The number of hydrogen-bond acceptors (Lipinski definition) is 5. The highest BCUT2D eigenvalue weighted by Gasteiger charge is 2.18. The molecule has 1 aromatic heterocycles. The number of sulfonamides is 1. The number of hydrogen-bond donors (Lipinski definition) is 1. The first-order valence-electron chi connectivity index (χ1n) is 9.24. The predicted octanol–water partition coefficient (Wildman–Crippen LogP) is 4.06. The van der Waals surface area contributed by atoms with E-state index in [0.29, 0.717) is 6.42 Å². The number of nitrogens with zero attached hydrogens (tertiary/aromatic N) is 2. The van der Waals surface area contributed by atoms with Crippen LogP contribution in [-0.2, 0) is 21.2 Å². The van der Waals surface area contributed by atoms with Crippen molar-refractivity contribution in [2.24, 2.45) is 0 Å². The molecule has 0 fully saturated rings. The molecule has 0 spiro atoms. The molecule has 7 nitrogen and oxygen atoms in total. The van der Waals surface area contributed by atoms with Crippen LogP contribution in [0.25, 0.3) is 5.69 Å². The van der Waals surface area contributed by atoms with Gasteiger partial charge in [0.1, 0.15) is 0 Å². The van der Waals surface area contributed by atoms with Crippen LogP contribution in [0.1, 0.15) is 22.5 Å². The Morgan fingerprint density at radius 2 is 1.70 bits per heavy atom. The third-order valence-corrected chi connectivity index (χ3v) is 7.45. The molecular weight excluding hydrogens is 517 g/mol. The lowest BCUT2D eigenvalue weighted by atomic mass is 10.1. The summed E-state index contributed by atoms with van der Waals surface area (Å²) in [6.45, 7) is 5.91. The number of aromatic nitrogens is 2. The van der Waals surface area contributed by atoms with Crippen LogP contribution < -0.4 is 4.72 Å². The molecule has 1 heterocycles.